The number of rotatable bonds is 8. The second-order valence-corrected chi connectivity index (χ2v) is 2.86. The van der Waals surface area contributed by atoms with Crippen LogP contribution >= 0.6 is 0 Å². The Balaban J connectivity index is 3.65. The Morgan fingerprint density at radius 1 is 1.15 bits per heavy atom. The molecule has 0 saturated carbocycles. The first-order chi connectivity index (χ1) is 6.35. The fraction of sp³-hybridized carbons (Fsp3) is 0.700. The van der Waals surface area contributed by atoms with Crippen LogP contribution in [0.4, 0.5) is 0 Å². The fourth-order valence-electron chi connectivity index (χ4n) is 1.08. The van der Waals surface area contributed by atoms with Gasteiger partial charge in [0.1, 0.15) is 0 Å². The van der Waals surface area contributed by atoms with Crippen molar-refractivity contribution in [1.82, 2.24) is 4.90 Å². The molecule has 0 aliphatic heterocycles. The van der Waals surface area contributed by atoms with Gasteiger partial charge >= 0.3 is 0 Å². The zero-order valence-electron chi connectivity index (χ0n) is 8.08. The number of aliphatic hydroxyl groups is 2. The van der Waals surface area contributed by atoms with Gasteiger partial charge in [-0.25, -0.2) is 0 Å². The maximum Gasteiger partial charge on any atom is 0.0443 e. The summed E-state index contributed by atoms with van der Waals surface area (Å²) in [5.74, 6) is 0. The number of hydrogen-bond donors (Lipinski definition) is 2. The molecule has 0 aromatic rings. The minimum Gasteiger partial charge on any atom is -0.396 e. The molecule has 2 N–H and O–H groups in total. The van der Waals surface area contributed by atoms with Crippen molar-refractivity contribution in [3.63, 3.8) is 0 Å². The van der Waals surface area contributed by atoms with E-state index in [1.165, 1.54) is 0 Å². The second kappa shape index (κ2) is 9.49. The molecule has 0 fully saturated rings. The summed E-state index contributed by atoms with van der Waals surface area (Å²) in [6.45, 7) is 6.43. The monoisotopic (exact) mass is 185 g/mol. The topological polar surface area (TPSA) is 43.7 Å². The van der Waals surface area contributed by atoms with E-state index in [1.54, 1.807) is 0 Å². The normalized spacial score (nSPS) is 10.1. The Labute approximate surface area is 80.0 Å². The van der Waals surface area contributed by atoms with Crippen molar-refractivity contribution in [2.24, 2.45) is 0 Å². The Kier molecular flexibility index (Phi) is 9.05. The van der Waals surface area contributed by atoms with Gasteiger partial charge in [0.25, 0.3) is 0 Å². The van der Waals surface area contributed by atoms with Gasteiger partial charge in [0, 0.05) is 32.8 Å². The van der Waals surface area contributed by atoms with Crippen molar-refractivity contribution in [1.29, 1.82) is 0 Å². The van der Waals surface area contributed by atoms with E-state index in [4.69, 9.17) is 10.2 Å². The van der Waals surface area contributed by atoms with Crippen LogP contribution in [0.3, 0.4) is 0 Å². The molecule has 0 rings (SSSR count). The summed E-state index contributed by atoms with van der Waals surface area (Å²) in [5.41, 5.74) is 2.71. The molecule has 3 heteroatoms. The van der Waals surface area contributed by atoms with E-state index in [-0.39, 0.29) is 13.2 Å². The Hall–Kier alpha value is -0.600. The van der Waals surface area contributed by atoms with Crippen molar-refractivity contribution in [3.8, 4) is 0 Å². The largest absolute Gasteiger partial charge is 0.396 e. The van der Waals surface area contributed by atoms with Crippen LogP contribution < -0.4 is 0 Å². The van der Waals surface area contributed by atoms with E-state index < -0.39 is 0 Å². The van der Waals surface area contributed by atoms with Crippen LogP contribution in [0.2, 0.25) is 0 Å². The molecular formula is C10H19NO2. The highest BCUT2D eigenvalue weighted by Crippen LogP contribution is 1.93. The minimum absolute atomic E-state index is 0.216. The molecule has 13 heavy (non-hydrogen) atoms. The van der Waals surface area contributed by atoms with Crippen LogP contribution in [-0.4, -0.2) is 48.0 Å². The third-order valence-electron chi connectivity index (χ3n) is 1.76. The third-order valence-corrected chi connectivity index (χ3v) is 1.76. The summed E-state index contributed by atoms with van der Waals surface area (Å²) in [5, 5.41) is 17.3. The van der Waals surface area contributed by atoms with Gasteiger partial charge in [-0.05, 0) is 18.9 Å². The number of aliphatic hydroxyl groups excluding tert-OH is 2. The van der Waals surface area contributed by atoms with Gasteiger partial charge in [0.15, 0.2) is 0 Å². The maximum atomic E-state index is 8.65. The molecule has 0 radical (unpaired) electrons. The highest BCUT2D eigenvalue weighted by Gasteiger charge is 2.00. The van der Waals surface area contributed by atoms with E-state index in [1.807, 2.05) is 6.08 Å². The zero-order chi connectivity index (χ0) is 9.94. The van der Waals surface area contributed by atoms with Crippen LogP contribution in [0.15, 0.2) is 18.4 Å². The van der Waals surface area contributed by atoms with Gasteiger partial charge in [-0.2, -0.15) is 0 Å². The summed E-state index contributed by atoms with van der Waals surface area (Å²) in [4.78, 5) is 2.16. The molecule has 0 atom stereocenters. The standard InChI is InChI=1S/C10H19NO2/c1-2-3-6-11(7-4-9-12)8-5-10-13/h3,12-13H,1,4-10H2. The number of hydrogen-bond acceptors (Lipinski definition) is 3. The fourth-order valence-corrected chi connectivity index (χ4v) is 1.08. The molecule has 0 aliphatic carbocycles. The first-order valence-corrected chi connectivity index (χ1v) is 4.63. The first-order valence-electron chi connectivity index (χ1n) is 4.63. The molecule has 76 valence electrons. The highest BCUT2D eigenvalue weighted by atomic mass is 16.3. The van der Waals surface area contributed by atoms with Crippen molar-refractivity contribution < 1.29 is 10.2 Å². The lowest BCUT2D eigenvalue weighted by atomic mass is 10.3. The SMILES string of the molecule is C=C=CCN(CCCO)CCCO. The van der Waals surface area contributed by atoms with Gasteiger partial charge in [0.2, 0.25) is 0 Å². The molecule has 0 spiro atoms. The van der Waals surface area contributed by atoms with Gasteiger partial charge in [0.05, 0.1) is 0 Å². The zero-order valence-corrected chi connectivity index (χ0v) is 8.08. The Bertz CT molecular complexity index is 145. The van der Waals surface area contributed by atoms with E-state index in [9.17, 15) is 0 Å². The summed E-state index contributed by atoms with van der Waals surface area (Å²) < 4.78 is 0. The van der Waals surface area contributed by atoms with E-state index in [0.717, 1.165) is 32.5 Å². The van der Waals surface area contributed by atoms with Crippen LogP contribution in [-0.2, 0) is 0 Å². The second-order valence-electron chi connectivity index (χ2n) is 2.86. The molecule has 0 aromatic heterocycles. The molecule has 0 aliphatic rings. The van der Waals surface area contributed by atoms with Crippen LogP contribution in [0, 0.1) is 0 Å². The molecule has 0 amide bonds. The van der Waals surface area contributed by atoms with Crippen molar-refractivity contribution >= 4 is 0 Å². The number of nitrogens with zero attached hydrogens (tertiary/aromatic N) is 1. The summed E-state index contributed by atoms with van der Waals surface area (Å²) >= 11 is 0. The highest BCUT2D eigenvalue weighted by molar-refractivity contribution is 4.79. The molecule has 0 aromatic carbocycles. The summed E-state index contributed by atoms with van der Waals surface area (Å²) in [6, 6.07) is 0. The Morgan fingerprint density at radius 3 is 2.08 bits per heavy atom. The van der Waals surface area contributed by atoms with Gasteiger partial charge < -0.3 is 10.2 Å². The lowest BCUT2D eigenvalue weighted by Crippen LogP contribution is -2.27. The smallest absolute Gasteiger partial charge is 0.0443 e. The van der Waals surface area contributed by atoms with Gasteiger partial charge in [-0.3, -0.25) is 4.90 Å². The summed E-state index contributed by atoms with van der Waals surface area (Å²) in [6.07, 6.45) is 3.40. The van der Waals surface area contributed by atoms with Crippen LogP contribution in [0.5, 0.6) is 0 Å². The van der Waals surface area contributed by atoms with E-state index in [2.05, 4.69) is 17.2 Å². The molecule has 0 heterocycles. The van der Waals surface area contributed by atoms with Gasteiger partial charge in [-0.15, -0.1) is 5.73 Å². The maximum absolute atomic E-state index is 8.65. The molecule has 3 nitrogen and oxygen atoms in total. The van der Waals surface area contributed by atoms with E-state index in [0.29, 0.717) is 0 Å². The van der Waals surface area contributed by atoms with Crippen LogP contribution in [0.25, 0.3) is 0 Å². The average molecular weight is 185 g/mol. The lowest BCUT2D eigenvalue weighted by molar-refractivity contribution is 0.213. The predicted molar refractivity (Wildman–Crippen MR) is 53.6 cm³/mol. The molecule has 0 unspecified atom stereocenters. The van der Waals surface area contributed by atoms with Crippen molar-refractivity contribution in [3.05, 3.63) is 18.4 Å². The summed E-state index contributed by atoms with van der Waals surface area (Å²) in [7, 11) is 0. The molecular weight excluding hydrogens is 166 g/mol. The predicted octanol–water partition coefficient (Wildman–Crippen LogP) is 0.394. The average Bonchev–Trinajstić information content (AvgIpc) is 2.17. The lowest BCUT2D eigenvalue weighted by Gasteiger charge is -2.18. The van der Waals surface area contributed by atoms with Crippen LogP contribution in [0.1, 0.15) is 12.8 Å². The van der Waals surface area contributed by atoms with Gasteiger partial charge in [-0.1, -0.05) is 6.58 Å². The first kappa shape index (κ1) is 12.4. The van der Waals surface area contributed by atoms with Crippen molar-refractivity contribution in [2.75, 3.05) is 32.8 Å². The molecule has 0 saturated heterocycles. The Morgan fingerprint density at radius 2 is 1.69 bits per heavy atom. The molecule has 0 bridgehead atoms. The minimum atomic E-state index is 0.216. The van der Waals surface area contributed by atoms with Crippen molar-refractivity contribution in [2.45, 2.75) is 12.8 Å². The third kappa shape index (κ3) is 7.75. The van der Waals surface area contributed by atoms with E-state index >= 15 is 0 Å². The quantitative estimate of drug-likeness (QED) is 0.538.